The molecule has 4 nitrogen and oxygen atoms in total. The maximum atomic E-state index is 12.3. The first-order chi connectivity index (χ1) is 10.1. The molecule has 0 spiro atoms. The van der Waals surface area contributed by atoms with Gasteiger partial charge in [0.25, 0.3) is 0 Å². The summed E-state index contributed by atoms with van der Waals surface area (Å²) in [5, 5.41) is 3.28. The van der Waals surface area contributed by atoms with Gasteiger partial charge in [-0.05, 0) is 55.2 Å². The molecule has 114 valence electrons. The van der Waals surface area contributed by atoms with Gasteiger partial charge in [0.15, 0.2) is 0 Å². The van der Waals surface area contributed by atoms with Crippen LogP contribution in [0.1, 0.15) is 37.7 Å². The van der Waals surface area contributed by atoms with E-state index < -0.39 is 0 Å². The van der Waals surface area contributed by atoms with Crippen LogP contribution in [-0.2, 0) is 11.2 Å². The fourth-order valence-electron chi connectivity index (χ4n) is 4.08. The maximum Gasteiger partial charge on any atom is 0.224 e. The van der Waals surface area contributed by atoms with Gasteiger partial charge in [0.2, 0.25) is 5.91 Å². The van der Waals surface area contributed by atoms with Gasteiger partial charge in [-0.3, -0.25) is 4.79 Å². The molecule has 1 aromatic rings. The quantitative estimate of drug-likeness (QED) is 0.742. The minimum absolute atomic E-state index is 0.122. The Hall–Kier alpha value is -1.55. The third-order valence-electron chi connectivity index (χ3n) is 5.05. The lowest BCUT2D eigenvalue weighted by Gasteiger charge is -2.45. The monoisotopic (exact) mass is 287 g/mol. The van der Waals surface area contributed by atoms with Gasteiger partial charge in [-0.25, -0.2) is 0 Å². The van der Waals surface area contributed by atoms with Crippen LogP contribution in [0.2, 0.25) is 0 Å². The topological polar surface area (TPSA) is 81.1 Å². The standard InChI is InChI=1S/C17H25N3O/c18-14-6-4-11(5-7-14)8-16(21)20-17-12-2-1-3-13(17)10-15(19)9-12/h4-7,12-13,15,17H,1-3,8-10,18-19H2,(H,20,21). The SMILES string of the molecule is Nc1ccc(CC(=O)NC2C3CCCC2CC(N)C3)cc1. The summed E-state index contributed by atoms with van der Waals surface area (Å²) >= 11 is 0. The van der Waals surface area contributed by atoms with E-state index in [0.29, 0.717) is 30.3 Å². The Labute approximate surface area is 126 Å². The number of rotatable bonds is 3. The summed E-state index contributed by atoms with van der Waals surface area (Å²) in [5.74, 6) is 1.27. The summed E-state index contributed by atoms with van der Waals surface area (Å²) in [6.45, 7) is 0. The second-order valence-electron chi connectivity index (χ2n) is 6.69. The van der Waals surface area contributed by atoms with Crippen LogP contribution in [0.5, 0.6) is 0 Å². The van der Waals surface area contributed by atoms with Gasteiger partial charge in [-0.1, -0.05) is 18.6 Å². The molecule has 4 heteroatoms. The summed E-state index contributed by atoms with van der Waals surface area (Å²) in [7, 11) is 0. The number of fused-ring (bicyclic) bond motifs is 2. The molecular weight excluding hydrogens is 262 g/mol. The minimum atomic E-state index is 0.122. The smallest absolute Gasteiger partial charge is 0.224 e. The zero-order valence-electron chi connectivity index (χ0n) is 12.4. The number of nitrogen functional groups attached to an aromatic ring is 1. The fourth-order valence-corrected chi connectivity index (χ4v) is 4.08. The van der Waals surface area contributed by atoms with E-state index >= 15 is 0 Å². The number of carbonyl (C=O) groups is 1. The highest BCUT2D eigenvalue weighted by Gasteiger charge is 2.39. The zero-order chi connectivity index (χ0) is 14.8. The van der Waals surface area contributed by atoms with Crippen molar-refractivity contribution in [3.8, 4) is 0 Å². The molecule has 0 aliphatic heterocycles. The van der Waals surface area contributed by atoms with Crippen LogP contribution < -0.4 is 16.8 Å². The molecule has 0 aromatic heterocycles. The molecule has 0 heterocycles. The van der Waals surface area contributed by atoms with E-state index in [0.717, 1.165) is 24.1 Å². The summed E-state index contributed by atoms with van der Waals surface area (Å²) < 4.78 is 0. The Bertz CT molecular complexity index is 485. The number of nitrogens with one attached hydrogen (secondary N) is 1. The van der Waals surface area contributed by atoms with Gasteiger partial charge >= 0.3 is 0 Å². The molecular formula is C17H25N3O. The van der Waals surface area contributed by atoms with Crippen LogP contribution in [0.3, 0.4) is 0 Å². The molecule has 2 bridgehead atoms. The lowest BCUT2D eigenvalue weighted by Crippen LogP contribution is -2.54. The molecule has 0 radical (unpaired) electrons. The summed E-state index contributed by atoms with van der Waals surface area (Å²) in [6, 6.07) is 8.19. The Balaban J connectivity index is 1.60. The molecule has 2 atom stereocenters. The lowest BCUT2D eigenvalue weighted by molar-refractivity contribution is -0.122. The van der Waals surface area contributed by atoms with Crippen molar-refractivity contribution < 1.29 is 4.79 Å². The van der Waals surface area contributed by atoms with E-state index in [1.807, 2.05) is 24.3 Å². The second kappa shape index (κ2) is 6.06. The van der Waals surface area contributed by atoms with Gasteiger partial charge in [-0.2, -0.15) is 0 Å². The van der Waals surface area contributed by atoms with Gasteiger partial charge in [0.05, 0.1) is 6.42 Å². The third-order valence-corrected chi connectivity index (χ3v) is 5.05. The third kappa shape index (κ3) is 3.38. The highest BCUT2D eigenvalue weighted by Crippen LogP contribution is 2.39. The zero-order valence-corrected chi connectivity index (χ0v) is 12.4. The van der Waals surface area contributed by atoms with E-state index in [1.54, 1.807) is 0 Å². The fraction of sp³-hybridized carbons (Fsp3) is 0.588. The average Bonchev–Trinajstić information content (AvgIpc) is 2.42. The van der Waals surface area contributed by atoms with E-state index in [-0.39, 0.29) is 5.91 Å². The molecule has 3 rings (SSSR count). The molecule has 2 unspecified atom stereocenters. The second-order valence-corrected chi connectivity index (χ2v) is 6.69. The van der Waals surface area contributed by atoms with Crippen molar-refractivity contribution in [1.29, 1.82) is 0 Å². The average molecular weight is 287 g/mol. The number of hydrogen-bond acceptors (Lipinski definition) is 3. The molecule has 21 heavy (non-hydrogen) atoms. The number of benzene rings is 1. The molecule has 2 fully saturated rings. The van der Waals surface area contributed by atoms with Crippen molar-refractivity contribution >= 4 is 11.6 Å². The Morgan fingerprint density at radius 2 is 1.76 bits per heavy atom. The van der Waals surface area contributed by atoms with Crippen LogP contribution in [0.25, 0.3) is 0 Å². The number of hydrogen-bond donors (Lipinski definition) is 3. The number of amides is 1. The number of nitrogens with two attached hydrogens (primary N) is 2. The highest BCUT2D eigenvalue weighted by molar-refractivity contribution is 5.79. The minimum Gasteiger partial charge on any atom is -0.399 e. The first kappa shape index (κ1) is 14.4. The number of anilines is 1. The molecule has 2 aliphatic carbocycles. The largest absolute Gasteiger partial charge is 0.399 e. The molecule has 2 aliphatic rings. The Morgan fingerprint density at radius 3 is 2.38 bits per heavy atom. The van der Waals surface area contributed by atoms with E-state index in [4.69, 9.17) is 11.5 Å². The predicted octanol–water partition coefficient (Wildman–Crippen LogP) is 1.83. The summed E-state index contributed by atoms with van der Waals surface area (Å²) in [6.07, 6.45) is 6.25. The molecule has 1 aromatic carbocycles. The van der Waals surface area contributed by atoms with Crippen molar-refractivity contribution in [2.24, 2.45) is 17.6 Å². The Morgan fingerprint density at radius 1 is 1.14 bits per heavy atom. The lowest BCUT2D eigenvalue weighted by atomic mass is 9.67. The van der Waals surface area contributed by atoms with Gasteiger partial charge in [0.1, 0.15) is 0 Å². The first-order valence-electron chi connectivity index (χ1n) is 8.01. The predicted molar refractivity (Wildman–Crippen MR) is 84.5 cm³/mol. The van der Waals surface area contributed by atoms with Crippen LogP contribution in [0, 0.1) is 11.8 Å². The maximum absolute atomic E-state index is 12.3. The van der Waals surface area contributed by atoms with Crippen molar-refractivity contribution in [3.05, 3.63) is 29.8 Å². The summed E-state index contributed by atoms with van der Waals surface area (Å²) in [4.78, 5) is 12.3. The number of carbonyl (C=O) groups excluding carboxylic acids is 1. The van der Waals surface area contributed by atoms with Crippen LogP contribution in [0.15, 0.2) is 24.3 Å². The van der Waals surface area contributed by atoms with Crippen molar-refractivity contribution in [3.63, 3.8) is 0 Å². The normalized spacial score (nSPS) is 31.7. The highest BCUT2D eigenvalue weighted by atomic mass is 16.1. The van der Waals surface area contributed by atoms with E-state index in [2.05, 4.69) is 5.32 Å². The van der Waals surface area contributed by atoms with Gasteiger partial charge in [0, 0.05) is 17.8 Å². The van der Waals surface area contributed by atoms with Crippen LogP contribution in [0.4, 0.5) is 5.69 Å². The molecule has 0 saturated heterocycles. The van der Waals surface area contributed by atoms with E-state index in [1.165, 1.54) is 19.3 Å². The van der Waals surface area contributed by atoms with Crippen molar-refractivity contribution in [2.45, 2.75) is 50.6 Å². The van der Waals surface area contributed by atoms with Gasteiger partial charge in [-0.15, -0.1) is 0 Å². The van der Waals surface area contributed by atoms with Crippen LogP contribution >= 0.6 is 0 Å². The van der Waals surface area contributed by atoms with Crippen molar-refractivity contribution in [2.75, 3.05) is 5.73 Å². The summed E-state index contributed by atoms with van der Waals surface area (Å²) in [5.41, 5.74) is 13.5. The van der Waals surface area contributed by atoms with Crippen LogP contribution in [-0.4, -0.2) is 18.0 Å². The Kier molecular flexibility index (Phi) is 4.15. The first-order valence-corrected chi connectivity index (χ1v) is 8.01. The van der Waals surface area contributed by atoms with Crippen molar-refractivity contribution in [1.82, 2.24) is 5.32 Å². The molecule has 2 saturated carbocycles. The molecule has 5 N–H and O–H groups in total. The van der Waals surface area contributed by atoms with Gasteiger partial charge < -0.3 is 16.8 Å². The van der Waals surface area contributed by atoms with E-state index in [9.17, 15) is 4.79 Å². The molecule has 1 amide bonds.